The van der Waals surface area contributed by atoms with Crippen molar-refractivity contribution in [3.05, 3.63) is 0 Å². The zero-order chi connectivity index (χ0) is 7.33. The van der Waals surface area contributed by atoms with Crippen molar-refractivity contribution in [2.75, 3.05) is 19.8 Å². The molecule has 0 spiro atoms. The van der Waals surface area contributed by atoms with E-state index in [-0.39, 0.29) is 60.3 Å². The molecule has 0 unspecified atom stereocenters. The summed E-state index contributed by atoms with van der Waals surface area (Å²) in [5.41, 5.74) is -0.667. The quantitative estimate of drug-likeness (QED) is 0.628. The van der Waals surface area contributed by atoms with Crippen molar-refractivity contribution in [3.8, 4) is 0 Å². The monoisotopic (exact) mass is 236 g/mol. The lowest BCUT2D eigenvalue weighted by Gasteiger charge is -2.24. The van der Waals surface area contributed by atoms with Crippen molar-refractivity contribution in [1.29, 1.82) is 0 Å². The predicted molar refractivity (Wildman–Crippen MR) is 65.1 cm³/mol. The minimum absolute atomic E-state index is 0. The average Bonchev–Trinajstić information content (AvgIpc) is 1.95. The van der Waals surface area contributed by atoms with Crippen molar-refractivity contribution in [1.82, 2.24) is 0 Å². The highest BCUT2D eigenvalue weighted by molar-refractivity contribution is 7.59. The van der Waals surface area contributed by atoms with Crippen molar-refractivity contribution in [3.63, 3.8) is 0 Å². The van der Waals surface area contributed by atoms with E-state index >= 15 is 0 Å². The molecule has 0 saturated heterocycles. The Balaban J connectivity index is -0.000000107. The van der Waals surface area contributed by atoms with Crippen LogP contribution in [0.5, 0.6) is 0 Å². The minimum atomic E-state index is -0.667. The SMILES string of the molecule is CCC(CO)(CO)CO.S.S.S. The van der Waals surface area contributed by atoms with E-state index in [1.807, 2.05) is 6.92 Å². The summed E-state index contributed by atoms with van der Waals surface area (Å²) < 4.78 is 0. The summed E-state index contributed by atoms with van der Waals surface area (Å²) in [6.07, 6.45) is 0.594. The van der Waals surface area contributed by atoms with Gasteiger partial charge in [-0.25, -0.2) is 0 Å². The van der Waals surface area contributed by atoms with E-state index in [0.29, 0.717) is 6.42 Å². The highest BCUT2D eigenvalue weighted by Gasteiger charge is 2.24. The lowest BCUT2D eigenvalue weighted by molar-refractivity contribution is 0.00304. The van der Waals surface area contributed by atoms with E-state index in [9.17, 15) is 0 Å². The van der Waals surface area contributed by atoms with Crippen LogP contribution in [0.4, 0.5) is 0 Å². The van der Waals surface area contributed by atoms with Crippen LogP contribution in [0.15, 0.2) is 0 Å². The maximum atomic E-state index is 8.66. The van der Waals surface area contributed by atoms with Gasteiger partial charge in [0.15, 0.2) is 0 Å². The molecule has 0 aromatic carbocycles. The highest BCUT2D eigenvalue weighted by Crippen LogP contribution is 2.18. The molecule has 0 amide bonds. The standard InChI is InChI=1S/C6H14O3.3H2S/c1-2-6(3-7,4-8)5-9;;;/h7-9H,2-5H2,1H3;3*1H2. The van der Waals surface area contributed by atoms with Gasteiger partial charge in [-0.3, -0.25) is 0 Å². The summed E-state index contributed by atoms with van der Waals surface area (Å²) >= 11 is 0. The van der Waals surface area contributed by atoms with Gasteiger partial charge in [0.1, 0.15) is 0 Å². The number of rotatable bonds is 4. The predicted octanol–water partition coefficient (Wildman–Crippen LogP) is -0.302. The Hall–Kier alpha value is 0.930. The van der Waals surface area contributed by atoms with Crippen LogP contribution in [-0.4, -0.2) is 35.1 Å². The van der Waals surface area contributed by atoms with Gasteiger partial charge >= 0.3 is 0 Å². The van der Waals surface area contributed by atoms with Gasteiger partial charge in [0.05, 0.1) is 19.8 Å². The summed E-state index contributed by atoms with van der Waals surface area (Å²) in [7, 11) is 0. The first-order valence-corrected chi connectivity index (χ1v) is 3.07. The maximum absolute atomic E-state index is 8.66. The van der Waals surface area contributed by atoms with Crippen molar-refractivity contribution in [2.45, 2.75) is 13.3 Å². The number of hydrogen-bond acceptors (Lipinski definition) is 3. The van der Waals surface area contributed by atoms with E-state index < -0.39 is 5.41 Å². The van der Waals surface area contributed by atoms with Gasteiger partial charge in [0, 0.05) is 5.41 Å². The summed E-state index contributed by atoms with van der Waals surface area (Å²) in [5, 5.41) is 26.0. The largest absolute Gasteiger partial charge is 0.396 e. The third-order valence-corrected chi connectivity index (χ3v) is 1.76. The van der Waals surface area contributed by atoms with Crippen LogP contribution in [0.2, 0.25) is 0 Å². The zero-order valence-corrected chi connectivity index (χ0v) is 10.2. The van der Waals surface area contributed by atoms with Crippen molar-refractivity contribution in [2.24, 2.45) is 5.41 Å². The fraction of sp³-hybridized carbons (Fsp3) is 1.00. The van der Waals surface area contributed by atoms with Crippen LogP contribution in [0.3, 0.4) is 0 Å². The Labute approximate surface area is 94.5 Å². The van der Waals surface area contributed by atoms with Crippen LogP contribution in [0.25, 0.3) is 0 Å². The second kappa shape index (κ2) is 11.9. The summed E-state index contributed by atoms with van der Waals surface area (Å²) in [6.45, 7) is 1.35. The third-order valence-electron chi connectivity index (χ3n) is 1.76. The second-order valence-electron chi connectivity index (χ2n) is 2.33. The molecule has 3 nitrogen and oxygen atoms in total. The Bertz CT molecular complexity index is 60.9. The molecule has 0 aromatic rings. The molecule has 0 aliphatic heterocycles. The summed E-state index contributed by atoms with van der Waals surface area (Å²) in [4.78, 5) is 0. The fourth-order valence-corrected chi connectivity index (χ4v) is 0.485. The van der Waals surface area contributed by atoms with E-state index in [4.69, 9.17) is 15.3 Å². The van der Waals surface area contributed by atoms with Gasteiger partial charge in [-0.15, -0.1) is 0 Å². The molecule has 0 saturated carbocycles. The molecular formula is C6H20O3S3. The first-order chi connectivity index (χ1) is 4.24. The fourth-order valence-electron chi connectivity index (χ4n) is 0.485. The number of hydrogen-bond donors (Lipinski definition) is 3. The molecule has 0 heterocycles. The first-order valence-electron chi connectivity index (χ1n) is 3.07. The van der Waals surface area contributed by atoms with Crippen LogP contribution >= 0.6 is 40.5 Å². The molecular weight excluding hydrogens is 216 g/mol. The van der Waals surface area contributed by atoms with Crippen molar-refractivity contribution < 1.29 is 15.3 Å². The molecule has 0 rings (SSSR count). The van der Waals surface area contributed by atoms with Gasteiger partial charge in [-0.05, 0) is 6.42 Å². The molecule has 0 radical (unpaired) electrons. The molecule has 0 bridgehead atoms. The summed E-state index contributed by atoms with van der Waals surface area (Å²) in [5.74, 6) is 0. The molecule has 0 aliphatic carbocycles. The molecule has 0 fully saturated rings. The van der Waals surface area contributed by atoms with Crippen LogP contribution in [0, 0.1) is 5.41 Å². The molecule has 80 valence electrons. The molecule has 6 heteroatoms. The van der Waals surface area contributed by atoms with E-state index in [1.165, 1.54) is 0 Å². The molecule has 0 aliphatic rings. The lowest BCUT2D eigenvalue weighted by atomic mass is 9.88. The first kappa shape index (κ1) is 23.1. The van der Waals surface area contributed by atoms with E-state index in [1.54, 1.807) is 0 Å². The van der Waals surface area contributed by atoms with Gasteiger partial charge < -0.3 is 15.3 Å². The van der Waals surface area contributed by atoms with E-state index in [0.717, 1.165) is 0 Å². The smallest absolute Gasteiger partial charge is 0.0531 e. The molecule has 0 aromatic heterocycles. The Morgan fingerprint density at radius 1 is 0.833 bits per heavy atom. The Kier molecular flexibility index (Phi) is 22.9. The normalized spacial score (nSPS) is 9.00. The highest BCUT2D eigenvalue weighted by atomic mass is 32.1. The topological polar surface area (TPSA) is 60.7 Å². The Morgan fingerprint density at radius 3 is 1.08 bits per heavy atom. The molecule has 3 N–H and O–H groups in total. The molecule has 0 atom stereocenters. The van der Waals surface area contributed by atoms with E-state index in [2.05, 4.69) is 0 Å². The van der Waals surface area contributed by atoms with Crippen LogP contribution < -0.4 is 0 Å². The van der Waals surface area contributed by atoms with Crippen LogP contribution in [-0.2, 0) is 0 Å². The lowest BCUT2D eigenvalue weighted by Crippen LogP contribution is -2.32. The Morgan fingerprint density at radius 2 is 1.08 bits per heavy atom. The second-order valence-corrected chi connectivity index (χ2v) is 2.33. The van der Waals surface area contributed by atoms with Crippen molar-refractivity contribution >= 4 is 40.5 Å². The number of aliphatic hydroxyl groups is 3. The zero-order valence-electron chi connectivity index (χ0n) is 7.17. The van der Waals surface area contributed by atoms with Gasteiger partial charge in [0.2, 0.25) is 0 Å². The van der Waals surface area contributed by atoms with Gasteiger partial charge in [-0.2, -0.15) is 40.5 Å². The maximum Gasteiger partial charge on any atom is 0.0531 e. The van der Waals surface area contributed by atoms with Gasteiger partial charge in [0.25, 0.3) is 0 Å². The number of aliphatic hydroxyl groups excluding tert-OH is 3. The average molecular weight is 236 g/mol. The minimum Gasteiger partial charge on any atom is -0.396 e. The third kappa shape index (κ3) is 6.45. The summed E-state index contributed by atoms with van der Waals surface area (Å²) in [6, 6.07) is 0. The van der Waals surface area contributed by atoms with Gasteiger partial charge in [-0.1, -0.05) is 6.92 Å². The van der Waals surface area contributed by atoms with Crippen LogP contribution in [0.1, 0.15) is 13.3 Å². The molecule has 12 heavy (non-hydrogen) atoms.